The van der Waals surface area contributed by atoms with Crippen LogP contribution in [0.25, 0.3) is 5.65 Å². The first-order valence-corrected chi connectivity index (χ1v) is 11.9. The van der Waals surface area contributed by atoms with Gasteiger partial charge in [-0.25, -0.2) is 0 Å². The molecule has 1 aromatic carbocycles. The van der Waals surface area contributed by atoms with Gasteiger partial charge in [-0.05, 0) is 37.5 Å². The fourth-order valence-electron chi connectivity index (χ4n) is 4.18. The molecule has 174 valence electrons. The highest BCUT2D eigenvalue weighted by Crippen LogP contribution is 2.18. The van der Waals surface area contributed by atoms with E-state index >= 15 is 0 Å². The lowest BCUT2D eigenvalue weighted by molar-refractivity contribution is -0.127. The smallest absolute Gasteiger partial charge is 0.223 e. The van der Waals surface area contributed by atoms with Crippen LogP contribution in [0.2, 0.25) is 0 Å². The summed E-state index contributed by atoms with van der Waals surface area (Å²) in [4.78, 5) is 19.2. The van der Waals surface area contributed by atoms with E-state index in [2.05, 4.69) is 39.9 Å². The second kappa shape index (κ2) is 11.4. The topological polar surface area (TPSA) is 86.9 Å². The molecular weight excluding hydrogens is 414 g/mol. The molecule has 0 saturated carbocycles. The first kappa shape index (κ1) is 22.8. The molecule has 2 N–H and O–H groups in total. The lowest BCUT2D eigenvalue weighted by Gasteiger charge is -2.16. The van der Waals surface area contributed by atoms with Gasteiger partial charge in [-0.1, -0.05) is 36.4 Å². The Labute approximate surface area is 195 Å². The molecule has 8 nitrogen and oxygen atoms in total. The molecule has 2 aromatic heterocycles. The van der Waals surface area contributed by atoms with E-state index in [4.69, 9.17) is 4.99 Å². The number of carbonyl (C=O) groups is 1. The van der Waals surface area contributed by atoms with Crippen LogP contribution in [0.15, 0.2) is 59.7 Å². The number of aromatic nitrogens is 3. The molecule has 1 saturated heterocycles. The number of pyridine rings is 1. The number of aryl methyl sites for hydroxylation is 1. The van der Waals surface area contributed by atoms with Crippen molar-refractivity contribution in [2.24, 2.45) is 10.9 Å². The minimum Gasteiger partial charge on any atom is -0.357 e. The molecule has 0 bridgehead atoms. The van der Waals surface area contributed by atoms with Crippen LogP contribution in [0.1, 0.15) is 31.2 Å². The molecule has 3 heterocycles. The summed E-state index contributed by atoms with van der Waals surface area (Å²) in [5.41, 5.74) is 2.14. The van der Waals surface area contributed by atoms with E-state index in [1.807, 2.05) is 51.9 Å². The number of hydrogen-bond donors (Lipinski definition) is 2. The zero-order valence-corrected chi connectivity index (χ0v) is 19.3. The third-order valence-corrected chi connectivity index (χ3v) is 5.91. The zero-order valence-electron chi connectivity index (χ0n) is 19.3. The van der Waals surface area contributed by atoms with Crippen molar-refractivity contribution in [2.45, 2.75) is 32.6 Å². The number of nitrogens with one attached hydrogen (secondary N) is 2. The van der Waals surface area contributed by atoms with E-state index < -0.39 is 0 Å². The van der Waals surface area contributed by atoms with Gasteiger partial charge in [0.1, 0.15) is 5.82 Å². The summed E-state index contributed by atoms with van der Waals surface area (Å²) in [6.07, 6.45) is 5.24. The second-order valence-electron chi connectivity index (χ2n) is 8.44. The number of guanidine groups is 1. The van der Waals surface area contributed by atoms with Crippen LogP contribution in [-0.4, -0.2) is 64.1 Å². The van der Waals surface area contributed by atoms with Crippen LogP contribution < -0.4 is 10.6 Å². The summed E-state index contributed by atoms with van der Waals surface area (Å²) in [7, 11) is 0. The molecule has 0 spiro atoms. The van der Waals surface area contributed by atoms with Gasteiger partial charge in [-0.3, -0.25) is 14.2 Å². The lowest BCUT2D eigenvalue weighted by Crippen LogP contribution is -2.38. The molecule has 1 unspecified atom stereocenters. The Morgan fingerprint density at radius 1 is 1.09 bits per heavy atom. The molecule has 0 aliphatic carbocycles. The molecule has 0 radical (unpaired) electrons. The van der Waals surface area contributed by atoms with Gasteiger partial charge >= 0.3 is 0 Å². The third-order valence-electron chi connectivity index (χ3n) is 5.91. The fraction of sp³-hybridized carbons (Fsp3) is 0.440. The van der Waals surface area contributed by atoms with Crippen molar-refractivity contribution in [3.8, 4) is 0 Å². The Balaban J connectivity index is 1.21. The highest BCUT2D eigenvalue weighted by Gasteiger charge is 2.29. The van der Waals surface area contributed by atoms with Gasteiger partial charge < -0.3 is 15.5 Å². The number of amides is 1. The summed E-state index contributed by atoms with van der Waals surface area (Å²) in [5, 5.41) is 15.2. The Kier molecular flexibility index (Phi) is 7.90. The van der Waals surface area contributed by atoms with Crippen molar-refractivity contribution in [2.75, 3.05) is 32.7 Å². The predicted octanol–water partition coefficient (Wildman–Crippen LogP) is 2.31. The third kappa shape index (κ3) is 6.31. The molecule has 1 aliphatic heterocycles. The Morgan fingerprint density at radius 2 is 1.94 bits per heavy atom. The minimum atomic E-state index is 0.240. The van der Waals surface area contributed by atoms with Crippen LogP contribution in [0.5, 0.6) is 0 Å². The van der Waals surface area contributed by atoms with Crippen LogP contribution in [0.3, 0.4) is 0 Å². The highest BCUT2D eigenvalue weighted by molar-refractivity contribution is 5.80. The SMILES string of the molecule is CCNC(=NCC1CC(=O)N(CCc2ccccc2)C1)NCCCc1nnc2ccccn12. The van der Waals surface area contributed by atoms with Crippen molar-refractivity contribution in [1.29, 1.82) is 0 Å². The lowest BCUT2D eigenvalue weighted by atomic mass is 10.1. The second-order valence-corrected chi connectivity index (χ2v) is 8.44. The molecule has 1 amide bonds. The summed E-state index contributed by atoms with van der Waals surface area (Å²) in [6.45, 7) is 5.86. The van der Waals surface area contributed by atoms with E-state index in [1.54, 1.807) is 0 Å². The average Bonchev–Trinajstić information content (AvgIpc) is 3.42. The van der Waals surface area contributed by atoms with Gasteiger partial charge in [0.25, 0.3) is 0 Å². The molecule has 1 atom stereocenters. The largest absolute Gasteiger partial charge is 0.357 e. The van der Waals surface area contributed by atoms with Crippen LogP contribution >= 0.6 is 0 Å². The van der Waals surface area contributed by atoms with Crippen LogP contribution in [-0.2, 0) is 17.6 Å². The van der Waals surface area contributed by atoms with E-state index in [1.165, 1.54) is 5.56 Å². The van der Waals surface area contributed by atoms with E-state index in [9.17, 15) is 4.79 Å². The number of fused-ring (bicyclic) bond motifs is 1. The van der Waals surface area contributed by atoms with Gasteiger partial charge in [-0.2, -0.15) is 0 Å². The first-order valence-electron chi connectivity index (χ1n) is 11.9. The number of aliphatic imine (C=N–C) groups is 1. The standard InChI is InChI=1S/C25H33N7O/c1-2-26-25(27-14-8-12-23-30-29-22-11-6-7-15-32(22)23)28-18-21-17-24(33)31(19-21)16-13-20-9-4-3-5-10-20/h3-7,9-11,15,21H,2,8,12-14,16-19H2,1H3,(H2,26,27,28). The Hall–Kier alpha value is -3.42. The number of likely N-dealkylation sites (tertiary alicyclic amines) is 1. The molecule has 1 aliphatic rings. The van der Waals surface area contributed by atoms with Crippen molar-refractivity contribution in [3.63, 3.8) is 0 Å². The number of carbonyl (C=O) groups excluding carboxylic acids is 1. The van der Waals surface area contributed by atoms with Crippen molar-refractivity contribution in [1.82, 2.24) is 30.1 Å². The zero-order chi connectivity index (χ0) is 22.9. The maximum absolute atomic E-state index is 12.4. The maximum Gasteiger partial charge on any atom is 0.223 e. The molecule has 1 fully saturated rings. The maximum atomic E-state index is 12.4. The first-order chi connectivity index (χ1) is 16.2. The van der Waals surface area contributed by atoms with Crippen LogP contribution in [0.4, 0.5) is 0 Å². The average molecular weight is 448 g/mol. The number of rotatable bonds is 10. The molecule has 4 rings (SSSR count). The summed E-state index contributed by atoms with van der Waals surface area (Å²) < 4.78 is 2.03. The highest BCUT2D eigenvalue weighted by atomic mass is 16.2. The van der Waals surface area contributed by atoms with Gasteiger partial charge in [0.15, 0.2) is 11.6 Å². The van der Waals surface area contributed by atoms with E-state index in [0.717, 1.165) is 62.9 Å². The van der Waals surface area contributed by atoms with Gasteiger partial charge in [0.05, 0.1) is 0 Å². The minimum absolute atomic E-state index is 0.240. The number of hydrogen-bond acceptors (Lipinski definition) is 4. The van der Waals surface area contributed by atoms with E-state index in [-0.39, 0.29) is 11.8 Å². The predicted molar refractivity (Wildman–Crippen MR) is 130 cm³/mol. The van der Waals surface area contributed by atoms with Crippen molar-refractivity contribution >= 4 is 17.5 Å². The monoisotopic (exact) mass is 447 g/mol. The molecule has 33 heavy (non-hydrogen) atoms. The number of benzene rings is 1. The summed E-state index contributed by atoms with van der Waals surface area (Å²) >= 11 is 0. The van der Waals surface area contributed by atoms with Gasteiger partial charge in [-0.15, -0.1) is 10.2 Å². The van der Waals surface area contributed by atoms with E-state index in [0.29, 0.717) is 13.0 Å². The molecular formula is C25H33N7O. The number of nitrogens with zero attached hydrogens (tertiary/aromatic N) is 5. The molecule has 3 aromatic rings. The quantitative estimate of drug-likeness (QED) is 0.283. The summed E-state index contributed by atoms with van der Waals surface area (Å²) in [5.74, 6) is 2.28. The molecule has 8 heteroatoms. The fourth-order valence-corrected chi connectivity index (χ4v) is 4.18. The van der Waals surface area contributed by atoms with Crippen molar-refractivity contribution < 1.29 is 4.79 Å². The Morgan fingerprint density at radius 3 is 2.79 bits per heavy atom. The van der Waals surface area contributed by atoms with Crippen LogP contribution in [0, 0.1) is 5.92 Å². The van der Waals surface area contributed by atoms with Gasteiger partial charge in [0.2, 0.25) is 5.91 Å². The summed E-state index contributed by atoms with van der Waals surface area (Å²) in [6, 6.07) is 16.3. The normalized spacial score (nSPS) is 16.5. The Bertz CT molecular complexity index is 1060. The van der Waals surface area contributed by atoms with Crippen molar-refractivity contribution in [3.05, 3.63) is 66.1 Å². The van der Waals surface area contributed by atoms with Gasteiger partial charge in [0, 0.05) is 57.7 Å².